The lowest BCUT2D eigenvalue weighted by Crippen LogP contribution is -2.44. The fourth-order valence-electron chi connectivity index (χ4n) is 4.38. The lowest BCUT2D eigenvalue weighted by atomic mass is 10.1. The molecule has 1 aliphatic rings. The van der Waals surface area contributed by atoms with Gasteiger partial charge in [-0.15, -0.1) is 11.3 Å². The standard InChI is InChI=1S/C26H25N7OS/c1-31-10-12-32(13-11-31)15-18-17-35-26-30-24(16-33(18)26)19-6-2-3-7-20(19)29-25(34)23-14-27-21-8-4-5-9-22(21)28-23/h2-9,14,16-17H,10-13,15H2,1H3,(H,29,34). The number of carbonyl (C=O) groups excluding carboxylic acids is 1. The smallest absolute Gasteiger partial charge is 0.275 e. The van der Waals surface area contributed by atoms with Crippen molar-refractivity contribution in [1.29, 1.82) is 0 Å². The molecule has 1 N–H and O–H groups in total. The Morgan fingerprint density at radius 2 is 1.77 bits per heavy atom. The summed E-state index contributed by atoms with van der Waals surface area (Å²) in [5, 5.41) is 5.20. The molecule has 0 atom stereocenters. The van der Waals surface area contributed by atoms with E-state index in [1.54, 1.807) is 11.3 Å². The number of anilines is 1. The third kappa shape index (κ3) is 4.41. The number of likely N-dealkylation sites (N-methyl/N-ethyl adjacent to an activating group) is 1. The van der Waals surface area contributed by atoms with Gasteiger partial charge in [0, 0.05) is 55.6 Å². The molecule has 0 bridgehead atoms. The summed E-state index contributed by atoms with van der Waals surface area (Å²) in [5.41, 5.74) is 5.36. The lowest BCUT2D eigenvalue weighted by molar-refractivity contribution is 0.102. The molecule has 3 aromatic heterocycles. The maximum atomic E-state index is 13.0. The van der Waals surface area contributed by atoms with E-state index in [1.165, 1.54) is 11.9 Å². The van der Waals surface area contributed by atoms with Gasteiger partial charge in [0.15, 0.2) is 4.96 Å². The van der Waals surface area contributed by atoms with Gasteiger partial charge in [-0.25, -0.2) is 9.97 Å². The first kappa shape index (κ1) is 21.8. The summed E-state index contributed by atoms with van der Waals surface area (Å²) in [7, 11) is 2.17. The molecule has 4 heterocycles. The number of para-hydroxylation sites is 3. The highest BCUT2D eigenvalue weighted by Crippen LogP contribution is 2.30. The normalized spacial score (nSPS) is 15.1. The topological polar surface area (TPSA) is 78.7 Å². The highest BCUT2D eigenvalue weighted by atomic mass is 32.1. The number of benzene rings is 2. The summed E-state index contributed by atoms with van der Waals surface area (Å²) in [6.07, 6.45) is 3.58. The van der Waals surface area contributed by atoms with Gasteiger partial charge in [0.05, 0.1) is 28.6 Å². The van der Waals surface area contributed by atoms with Crippen molar-refractivity contribution in [3.05, 3.63) is 77.7 Å². The van der Waals surface area contributed by atoms with E-state index in [1.807, 2.05) is 48.5 Å². The van der Waals surface area contributed by atoms with Crippen molar-refractivity contribution in [3.8, 4) is 11.3 Å². The number of fused-ring (bicyclic) bond motifs is 2. The molecule has 9 heteroatoms. The second-order valence-electron chi connectivity index (χ2n) is 8.83. The van der Waals surface area contributed by atoms with Gasteiger partial charge in [0.2, 0.25) is 0 Å². The van der Waals surface area contributed by atoms with Crippen LogP contribution in [0.2, 0.25) is 0 Å². The molecule has 0 unspecified atom stereocenters. The zero-order valence-corrected chi connectivity index (χ0v) is 20.2. The summed E-state index contributed by atoms with van der Waals surface area (Å²) in [4.78, 5) is 32.5. The number of nitrogens with one attached hydrogen (secondary N) is 1. The van der Waals surface area contributed by atoms with Gasteiger partial charge in [-0.2, -0.15) is 0 Å². The van der Waals surface area contributed by atoms with Crippen molar-refractivity contribution in [2.45, 2.75) is 6.54 Å². The Hall–Kier alpha value is -3.66. The molecule has 1 aliphatic heterocycles. The number of thiazole rings is 1. The van der Waals surface area contributed by atoms with Crippen LogP contribution in [0.3, 0.4) is 0 Å². The number of hydrogen-bond donors (Lipinski definition) is 1. The predicted octanol–water partition coefficient (Wildman–Crippen LogP) is 4.01. The molecular weight excluding hydrogens is 458 g/mol. The van der Waals surface area contributed by atoms with Gasteiger partial charge in [-0.05, 0) is 25.2 Å². The molecule has 5 aromatic rings. The summed E-state index contributed by atoms with van der Waals surface area (Å²) in [6.45, 7) is 5.24. The highest BCUT2D eigenvalue weighted by Gasteiger charge is 2.18. The maximum Gasteiger partial charge on any atom is 0.275 e. The van der Waals surface area contributed by atoms with Gasteiger partial charge in [-0.3, -0.25) is 19.1 Å². The lowest BCUT2D eigenvalue weighted by Gasteiger charge is -2.32. The van der Waals surface area contributed by atoms with E-state index in [4.69, 9.17) is 4.98 Å². The van der Waals surface area contributed by atoms with Gasteiger partial charge in [0.1, 0.15) is 5.69 Å². The Labute approximate surface area is 206 Å². The van der Waals surface area contributed by atoms with E-state index in [-0.39, 0.29) is 11.6 Å². The Balaban J connectivity index is 1.26. The van der Waals surface area contributed by atoms with E-state index in [2.05, 4.69) is 48.1 Å². The quantitative estimate of drug-likeness (QED) is 0.407. The molecule has 2 aromatic carbocycles. The average Bonchev–Trinajstić information content (AvgIpc) is 3.47. The first-order chi connectivity index (χ1) is 17.1. The van der Waals surface area contributed by atoms with Crippen molar-refractivity contribution >= 4 is 38.9 Å². The Bertz CT molecular complexity index is 1520. The summed E-state index contributed by atoms with van der Waals surface area (Å²) >= 11 is 1.65. The van der Waals surface area contributed by atoms with Crippen LogP contribution in [0.5, 0.6) is 0 Å². The van der Waals surface area contributed by atoms with Crippen LogP contribution in [0, 0.1) is 0 Å². The van der Waals surface area contributed by atoms with Gasteiger partial charge < -0.3 is 10.2 Å². The Morgan fingerprint density at radius 3 is 2.63 bits per heavy atom. The zero-order chi connectivity index (χ0) is 23.8. The maximum absolute atomic E-state index is 13.0. The van der Waals surface area contributed by atoms with Crippen LogP contribution < -0.4 is 5.32 Å². The molecule has 1 saturated heterocycles. The number of imidazole rings is 1. The number of hydrogen-bond acceptors (Lipinski definition) is 7. The first-order valence-corrected chi connectivity index (χ1v) is 12.5. The fourth-order valence-corrected chi connectivity index (χ4v) is 5.24. The molecule has 0 spiro atoms. The van der Waals surface area contributed by atoms with Gasteiger partial charge in [-0.1, -0.05) is 30.3 Å². The van der Waals surface area contributed by atoms with Crippen molar-refractivity contribution in [2.75, 3.05) is 38.5 Å². The molecule has 8 nitrogen and oxygen atoms in total. The molecule has 1 amide bonds. The Kier molecular flexibility index (Phi) is 5.73. The summed E-state index contributed by atoms with van der Waals surface area (Å²) in [5.74, 6) is -0.299. The molecule has 0 aliphatic carbocycles. The van der Waals surface area contributed by atoms with Crippen LogP contribution in [0.1, 0.15) is 16.2 Å². The number of amides is 1. The largest absolute Gasteiger partial charge is 0.320 e. The molecule has 0 saturated carbocycles. The van der Waals surface area contributed by atoms with Crippen molar-refractivity contribution in [2.24, 2.45) is 0 Å². The van der Waals surface area contributed by atoms with E-state index in [9.17, 15) is 4.79 Å². The minimum Gasteiger partial charge on any atom is -0.320 e. The minimum absolute atomic E-state index is 0.277. The van der Waals surface area contributed by atoms with Gasteiger partial charge in [0.25, 0.3) is 5.91 Å². The molecular formula is C26H25N7OS. The molecule has 35 heavy (non-hydrogen) atoms. The summed E-state index contributed by atoms with van der Waals surface area (Å²) < 4.78 is 2.17. The highest BCUT2D eigenvalue weighted by molar-refractivity contribution is 7.15. The van der Waals surface area contributed by atoms with Crippen molar-refractivity contribution < 1.29 is 4.79 Å². The van der Waals surface area contributed by atoms with Crippen LogP contribution in [-0.2, 0) is 6.54 Å². The van der Waals surface area contributed by atoms with Crippen LogP contribution >= 0.6 is 11.3 Å². The SMILES string of the molecule is CN1CCN(Cc2csc3nc(-c4ccccc4NC(=O)c4cnc5ccccc5n4)cn23)CC1. The number of carbonyl (C=O) groups is 1. The van der Waals surface area contributed by atoms with E-state index in [0.717, 1.165) is 54.5 Å². The molecule has 1 fully saturated rings. The van der Waals surface area contributed by atoms with E-state index < -0.39 is 0 Å². The van der Waals surface area contributed by atoms with Crippen LogP contribution in [0.25, 0.3) is 27.3 Å². The molecule has 6 rings (SSSR count). The second-order valence-corrected chi connectivity index (χ2v) is 9.67. The number of aromatic nitrogens is 4. The van der Waals surface area contributed by atoms with E-state index in [0.29, 0.717) is 11.2 Å². The van der Waals surface area contributed by atoms with Crippen LogP contribution in [0.4, 0.5) is 5.69 Å². The first-order valence-electron chi connectivity index (χ1n) is 11.6. The number of rotatable bonds is 5. The third-order valence-corrected chi connectivity index (χ3v) is 7.29. The monoisotopic (exact) mass is 483 g/mol. The van der Waals surface area contributed by atoms with Crippen LogP contribution in [-0.4, -0.2) is 68.3 Å². The third-order valence-electron chi connectivity index (χ3n) is 6.40. The minimum atomic E-state index is -0.299. The van der Waals surface area contributed by atoms with Crippen molar-refractivity contribution in [1.82, 2.24) is 29.2 Å². The average molecular weight is 484 g/mol. The zero-order valence-electron chi connectivity index (χ0n) is 19.4. The van der Waals surface area contributed by atoms with Crippen LogP contribution in [0.15, 0.2) is 66.3 Å². The van der Waals surface area contributed by atoms with Crippen molar-refractivity contribution in [3.63, 3.8) is 0 Å². The number of piperazine rings is 1. The molecule has 0 radical (unpaired) electrons. The second kappa shape index (κ2) is 9.18. The fraction of sp³-hybridized carbons (Fsp3) is 0.231. The molecule has 176 valence electrons. The Morgan fingerprint density at radius 1 is 1.00 bits per heavy atom. The summed E-state index contributed by atoms with van der Waals surface area (Å²) in [6, 6.07) is 15.2. The number of nitrogens with zero attached hydrogens (tertiary/aromatic N) is 6. The van der Waals surface area contributed by atoms with E-state index >= 15 is 0 Å². The van der Waals surface area contributed by atoms with Gasteiger partial charge >= 0.3 is 0 Å². The predicted molar refractivity (Wildman–Crippen MR) is 139 cm³/mol.